The molecular formula is C11H12BrFN2O2. The molecular weight excluding hydrogens is 291 g/mol. The minimum atomic E-state index is -0.564. The predicted molar refractivity (Wildman–Crippen MR) is 65.2 cm³/mol. The molecule has 0 unspecified atom stereocenters. The van der Waals surface area contributed by atoms with Crippen LogP contribution in [0.2, 0.25) is 0 Å². The SMILES string of the molecule is N#Cc1ccc(N(CCO)CCO)c(F)c1Br. The number of halogens is 2. The van der Waals surface area contributed by atoms with Crippen LogP contribution in [-0.4, -0.2) is 36.5 Å². The van der Waals surface area contributed by atoms with Gasteiger partial charge in [-0.05, 0) is 28.1 Å². The summed E-state index contributed by atoms with van der Waals surface area (Å²) in [6.07, 6.45) is 0. The molecule has 0 aromatic heterocycles. The molecule has 6 heteroatoms. The van der Waals surface area contributed by atoms with E-state index < -0.39 is 5.82 Å². The van der Waals surface area contributed by atoms with Gasteiger partial charge in [-0.25, -0.2) is 4.39 Å². The standard InChI is InChI=1S/C11H12BrFN2O2/c12-10-8(7-14)1-2-9(11(10)13)15(3-5-16)4-6-17/h1-2,16-17H,3-6H2. The van der Waals surface area contributed by atoms with Gasteiger partial charge in [-0.3, -0.25) is 0 Å². The van der Waals surface area contributed by atoms with Gasteiger partial charge in [0.2, 0.25) is 0 Å². The minimum Gasteiger partial charge on any atom is -0.395 e. The highest BCUT2D eigenvalue weighted by Gasteiger charge is 2.15. The number of nitriles is 1. The van der Waals surface area contributed by atoms with E-state index in [1.54, 1.807) is 0 Å². The summed E-state index contributed by atoms with van der Waals surface area (Å²) in [4.78, 5) is 1.52. The summed E-state index contributed by atoms with van der Waals surface area (Å²) in [6.45, 7) is 0.153. The molecule has 0 atom stereocenters. The minimum absolute atomic E-state index is 0.0957. The molecule has 0 aliphatic heterocycles. The van der Waals surface area contributed by atoms with Crippen molar-refractivity contribution in [3.63, 3.8) is 0 Å². The van der Waals surface area contributed by atoms with Gasteiger partial charge in [-0.2, -0.15) is 5.26 Å². The van der Waals surface area contributed by atoms with Gasteiger partial charge in [0.25, 0.3) is 0 Å². The first-order valence-electron chi connectivity index (χ1n) is 5.00. The lowest BCUT2D eigenvalue weighted by Crippen LogP contribution is -2.30. The van der Waals surface area contributed by atoms with Crippen LogP contribution in [0.4, 0.5) is 10.1 Å². The van der Waals surface area contributed by atoms with Gasteiger partial charge < -0.3 is 15.1 Å². The fourth-order valence-corrected chi connectivity index (χ4v) is 1.89. The Morgan fingerprint density at radius 2 is 1.88 bits per heavy atom. The molecule has 0 saturated heterocycles. The van der Waals surface area contributed by atoms with E-state index in [2.05, 4.69) is 15.9 Å². The normalized spacial score (nSPS) is 10.1. The fourth-order valence-electron chi connectivity index (χ4n) is 1.46. The average molecular weight is 303 g/mol. The molecule has 4 nitrogen and oxygen atoms in total. The van der Waals surface area contributed by atoms with Crippen LogP contribution < -0.4 is 4.90 Å². The highest BCUT2D eigenvalue weighted by Crippen LogP contribution is 2.28. The lowest BCUT2D eigenvalue weighted by molar-refractivity contribution is 0.280. The number of nitrogens with zero attached hydrogens (tertiary/aromatic N) is 2. The summed E-state index contributed by atoms with van der Waals surface area (Å²) in [6, 6.07) is 4.81. The third-order valence-corrected chi connectivity index (χ3v) is 3.04. The van der Waals surface area contributed by atoms with Crippen LogP contribution in [0.1, 0.15) is 5.56 Å². The number of anilines is 1. The van der Waals surface area contributed by atoms with E-state index in [1.807, 2.05) is 6.07 Å². The molecule has 1 rings (SSSR count). The van der Waals surface area contributed by atoms with Gasteiger partial charge in [-0.15, -0.1) is 0 Å². The maximum atomic E-state index is 13.9. The van der Waals surface area contributed by atoms with Crippen LogP contribution in [0.15, 0.2) is 16.6 Å². The third-order valence-electron chi connectivity index (χ3n) is 2.26. The Balaban J connectivity index is 3.12. The van der Waals surface area contributed by atoms with Crippen LogP contribution in [0.25, 0.3) is 0 Å². The van der Waals surface area contributed by atoms with Crippen molar-refractivity contribution in [2.45, 2.75) is 0 Å². The second kappa shape index (κ2) is 6.55. The lowest BCUT2D eigenvalue weighted by Gasteiger charge is -2.23. The van der Waals surface area contributed by atoms with Gasteiger partial charge in [-0.1, -0.05) is 0 Å². The molecule has 0 aliphatic rings. The molecule has 2 N–H and O–H groups in total. The van der Waals surface area contributed by atoms with E-state index in [0.717, 1.165) is 0 Å². The van der Waals surface area contributed by atoms with Crippen molar-refractivity contribution >= 4 is 21.6 Å². The van der Waals surface area contributed by atoms with Crippen molar-refractivity contribution < 1.29 is 14.6 Å². The van der Waals surface area contributed by atoms with E-state index >= 15 is 0 Å². The lowest BCUT2D eigenvalue weighted by atomic mass is 10.2. The largest absolute Gasteiger partial charge is 0.395 e. The molecule has 0 bridgehead atoms. The zero-order valence-corrected chi connectivity index (χ0v) is 10.6. The summed E-state index contributed by atoms with van der Waals surface area (Å²) in [7, 11) is 0. The third kappa shape index (κ3) is 3.16. The Hall–Kier alpha value is -1.16. The number of hydrogen-bond donors (Lipinski definition) is 2. The zero-order chi connectivity index (χ0) is 12.8. The summed E-state index contributed by atoms with van der Waals surface area (Å²) in [5, 5.41) is 26.5. The van der Waals surface area contributed by atoms with Crippen molar-refractivity contribution in [3.05, 3.63) is 28.0 Å². The molecule has 0 spiro atoms. The van der Waals surface area contributed by atoms with Gasteiger partial charge in [0.15, 0.2) is 5.82 Å². The Bertz CT molecular complexity index is 428. The Labute approximate surface area is 107 Å². The smallest absolute Gasteiger partial charge is 0.161 e. The van der Waals surface area contributed by atoms with Crippen molar-refractivity contribution in [2.75, 3.05) is 31.2 Å². The number of benzene rings is 1. The fraction of sp³-hybridized carbons (Fsp3) is 0.364. The second-order valence-corrected chi connectivity index (χ2v) is 4.10. The van der Waals surface area contributed by atoms with E-state index in [4.69, 9.17) is 15.5 Å². The highest BCUT2D eigenvalue weighted by molar-refractivity contribution is 9.10. The van der Waals surface area contributed by atoms with Crippen LogP contribution >= 0.6 is 15.9 Å². The Morgan fingerprint density at radius 1 is 1.29 bits per heavy atom. The van der Waals surface area contributed by atoms with Crippen LogP contribution in [0.3, 0.4) is 0 Å². The summed E-state index contributed by atoms with van der Waals surface area (Å²) >= 11 is 3.01. The van der Waals surface area contributed by atoms with Gasteiger partial charge in [0, 0.05) is 13.1 Å². The predicted octanol–water partition coefficient (Wildman–Crippen LogP) is 1.25. The van der Waals surface area contributed by atoms with Crippen LogP contribution in [0.5, 0.6) is 0 Å². The van der Waals surface area contributed by atoms with E-state index in [1.165, 1.54) is 17.0 Å². The molecule has 92 valence electrons. The average Bonchev–Trinajstić information content (AvgIpc) is 2.32. The quantitative estimate of drug-likeness (QED) is 0.859. The molecule has 0 heterocycles. The first-order valence-corrected chi connectivity index (χ1v) is 5.79. The molecule has 1 aromatic rings. The van der Waals surface area contributed by atoms with E-state index in [-0.39, 0.29) is 42.0 Å². The molecule has 0 amide bonds. The van der Waals surface area contributed by atoms with Crippen molar-refractivity contribution in [3.8, 4) is 6.07 Å². The van der Waals surface area contributed by atoms with Crippen molar-refractivity contribution in [1.29, 1.82) is 5.26 Å². The first kappa shape index (κ1) is 13.9. The molecule has 0 saturated carbocycles. The van der Waals surface area contributed by atoms with E-state index in [0.29, 0.717) is 0 Å². The Kier molecular flexibility index (Phi) is 5.35. The van der Waals surface area contributed by atoms with Gasteiger partial charge in [0.1, 0.15) is 6.07 Å². The monoisotopic (exact) mass is 302 g/mol. The topological polar surface area (TPSA) is 67.5 Å². The summed E-state index contributed by atoms with van der Waals surface area (Å²) < 4.78 is 14.0. The molecule has 17 heavy (non-hydrogen) atoms. The molecule has 0 aliphatic carbocycles. The van der Waals surface area contributed by atoms with Crippen molar-refractivity contribution in [1.82, 2.24) is 0 Å². The first-order chi connectivity index (χ1) is 8.15. The molecule has 0 fully saturated rings. The molecule has 1 aromatic carbocycles. The number of rotatable bonds is 5. The maximum absolute atomic E-state index is 13.9. The van der Waals surface area contributed by atoms with E-state index in [9.17, 15) is 4.39 Å². The number of aliphatic hydroxyl groups excluding tert-OH is 2. The van der Waals surface area contributed by atoms with Crippen molar-refractivity contribution in [2.24, 2.45) is 0 Å². The number of hydrogen-bond acceptors (Lipinski definition) is 4. The van der Waals surface area contributed by atoms with Crippen LogP contribution in [-0.2, 0) is 0 Å². The second-order valence-electron chi connectivity index (χ2n) is 3.31. The zero-order valence-electron chi connectivity index (χ0n) is 9.03. The molecule has 0 radical (unpaired) electrons. The van der Waals surface area contributed by atoms with Gasteiger partial charge >= 0.3 is 0 Å². The highest BCUT2D eigenvalue weighted by atomic mass is 79.9. The van der Waals surface area contributed by atoms with Gasteiger partial charge in [0.05, 0.1) is 28.9 Å². The number of aliphatic hydroxyl groups is 2. The maximum Gasteiger partial charge on any atom is 0.161 e. The van der Waals surface area contributed by atoms with Crippen LogP contribution in [0, 0.1) is 17.1 Å². The summed E-state index contributed by atoms with van der Waals surface area (Å²) in [5.41, 5.74) is 0.457. The Morgan fingerprint density at radius 3 is 2.35 bits per heavy atom. The summed E-state index contributed by atoms with van der Waals surface area (Å²) in [5.74, 6) is -0.564.